The normalized spacial score (nSPS) is 18.3. The molecule has 132 valence electrons. The number of hydrogen-bond donors (Lipinski definition) is 0. The third kappa shape index (κ3) is 3.10. The van der Waals surface area contributed by atoms with Crippen LogP contribution < -0.4 is 0 Å². The minimum absolute atomic E-state index is 0.0600. The molecule has 0 spiro atoms. The van der Waals surface area contributed by atoms with Crippen molar-refractivity contribution in [3.63, 3.8) is 0 Å². The van der Waals surface area contributed by atoms with Gasteiger partial charge in [-0.3, -0.25) is 4.98 Å². The number of rotatable bonds is 2. The molecule has 0 aliphatic carbocycles. The van der Waals surface area contributed by atoms with Gasteiger partial charge in [-0.15, -0.1) is 0 Å². The van der Waals surface area contributed by atoms with Crippen molar-refractivity contribution < 1.29 is 15.4 Å². The molecule has 3 nitrogen and oxygen atoms in total. The third-order valence-corrected chi connectivity index (χ3v) is 4.05. The van der Waals surface area contributed by atoms with E-state index < -0.39 is 25.5 Å². The fourth-order valence-electron chi connectivity index (χ4n) is 2.94. The molecule has 3 aromatic heterocycles. The van der Waals surface area contributed by atoms with Crippen LogP contribution in [0, 0.1) is 19.1 Å². The van der Waals surface area contributed by atoms with Gasteiger partial charge >= 0.3 is 0 Å². The van der Waals surface area contributed by atoms with Gasteiger partial charge in [-0.05, 0) is 73.0 Å². The van der Waals surface area contributed by atoms with E-state index in [4.69, 9.17) is 15.4 Å². The van der Waals surface area contributed by atoms with E-state index in [0.717, 1.165) is 0 Å². The molecule has 0 N–H and O–H groups in total. The van der Waals surface area contributed by atoms with Gasteiger partial charge in [0.1, 0.15) is 5.58 Å². The highest BCUT2D eigenvalue weighted by Gasteiger charge is 2.15. The summed E-state index contributed by atoms with van der Waals surface area (Å²) in [6, 6.07) is 9.83. The maximum absolute atomic E-state index is 8.70. The van der Waals surface area contributed by atoms with Crippen LogP contribution in [-0.2, 0) is 6.37 Å². The molecule has 0 fully saturated rings. The number of furan rings is 1. The maximum atomic E-state index is 8.70. The van der Waals surface area contributed by atoms with Crippen LogP contribution in [0.3, 0.4) is 0 Å². The Morgan fingerprint density at radius 2 is 1.96 bits per heavy atom. The van der Waals surface area contributed by atoms with Crippen LogP contribution in [0.25, 0.3) is 33.3 Å². The van der Waals surface area contributed by atoms with Gasteiger partial charge in [0, 0.05) is 39.2 Å². The Bertz CT molecular complexity index is 1390. The number of nitrogens with zero attached hydrogens (tertiary/aromatic N) is 2. The zero-order valence-electron chi connectivity index (χ0n) is 22.8. The van der Waals surface area contributed by atoms with Gasteiger partial charge in [-0.1, -0.05) is 20.8 Å². The van der Waals surface area contributed by atoms with Crippen molar-refractivity contribution >= 4 is 22.1 Å². The molecule has 0 unspecified atom stereocenters. The van der Waals surface area contributed by atoms with E-state index in [9.17, 15) is 0 Å². The predicted octanol–water partition coefficient (Wildman–Crippen LogP) is 6.25. The number of fused-ring (bicyclic) bond motifs is 3. The molecule has 0 bridgehead atoms. The molecule has 0 saturated heterocycles. The first-order valence-corrected chi connectivity index (χ1v) is 8.35. The number of aryl methyl sites for hydroxylation is 2. The molecular formula is C23H24N2O. The second-order valence-corrected chi connectivity index (χ2v) is 7.35. The molecule has 3 heteroatoms. The molecule has 0 saturated carbocycles. The van der Waals surface area contributed by atoms with Crippen molar-refractivity contribution in [2.24, 2.45) is 5.41 Å². The van der Waals surface area contributed by atoms with Gasteiger partial charge in [0.15, 0.2) is 0 Å². The van der Waals surface area contributed by atoms with E-state index in [1.807, 2.05) is 0 Å². The Morgan fingerprint density at radius 1 is 1.08 bits per heavy atom. The summed E-state index contributed by atoms with van der Waals surface area (Å²) in [6.07, 6.45) is -0.709. The topological polar surface area (TPSA) is 38.9 Å². The lowest BCUT2D eigenvalue weighted by atomic mass is 9.86. The summed E-state index contributed by atoms with van der Waals surface area (Å²) in [6.45, 7) is 0.299. The molecule has 4 aromatic rings. The summed E-state index contributed by atoms with van der Waals surface area (Å²) in [4.78, 5) is 8.48. The Kier molecular flexibility index (Phi) is 2.25. The average Bonchev–Trinajstić information content (AvgIpc) is 3.08. The number of benzene rings is 1. The quantitative estimate of drug-likeness (QED) is 0.428. The average molecular weight is 353 g/mol. The lowest BCUT2D eigenvalue weighted by Crippen LogP contribution is -2.10. The summed E-state index contributed by atoms with van der Waals surface area (Å²) < 4.78 is 69.5. The van der Waals surface area contributed by atoms with Gasteiger partial charge in [0.05, 0.1) is 5.69 Å². The minimum Gasteiger partial charge on any atom is -0.438 e. The Hall–Kier alpha value is -2.68. The summed E-state index contributed by atoms with van der Waals surface area (Å²) in [5.74, 6) is 0. The molecule has 0 atom stereocenters. The largest absolute Gasteiger partial charge is 0.438 e. The molecule has 3 heterocycles. The highest BCUT2D eigenvalue weighted by molar-refractivity contribution is 6.04. The fourth-order valence-corrected chi connectivity index (χ4v) is 2.94. The van der Waals surface area contributed by atoms with E-state index in [1.54, 1.807) is 45.0 Å². The van der Waals surface area contributed by atoms with Gasteiger partial charge < -0.3 is 4.42 Å². The second kappa shape index (κ2) is 5.94. The monoisotopic (exact) mass is 352 g/mol. The standard InChI is InChI=1S/C23H24N2O/c1-14-13-24-20(11-17(14)12-23(3,4)5)16-7-9-21-19(10-16)18-8-6-15(2)25-22(18)26-21/h6-11,13H,12H2,1-5H3/i1D3,2D3,12D2. The molecule has 0 radical (unpaired) electrons. The van der Waals surface area contributed by atoms with Crippen LogP contribution in [0.2, 0.25) is 0 Å². The molecule has 4 rings (SSSR count). The van der Waals surface area contributed by atoms with E-state index in [-0.39, 0.29) is 22.5 Å². The lowest BCUT2D eigenvalue weighted by molar-refractivity contribution is 0.410. The summed E-state index contributed by atoms with van der Waals surface area (Å²) in [5.41, 5.74) is 0.809. The molecule has 0 aliphatic heterocycles. The van der Waals surface area contributed by atoms with Crippen LogP contribution in [-0.4, -0.2) is 9.97 Å². The van der Waals surface area contributed by atoms with Crippen molar-refractivity contribution in [2.45, 2.75) is 40.8 Å². The Morgan fingerprint density at radius 3 is 2.73 bits per heavy atom. The smallest absolute Gasteiger partial charge is 0.227 e. The van der Waals surface area contributed by atoms with Crippen molar-refractivity contribution in [2.75, 3.05) is 0 Å². The maximum Gasteiger partial charge on any atom is 0.227 e. The molecule has 0 amide bonds. The number of pyridine rings is 2. The van der Waals surface area contributed by atoms with Crippen LogP contribution in [0.1, 0.15) is 48.6 Å². The first-order chi connectivity index (χ1) is 15.5. The van der Waals surface area contributed by atoms with Gasteiger partial charge in [-0.2, -0.15) is 0 Å². The molecule has 1 aromatic carbocycles. The van der Waals surface area contributed by atoms with Crippen LogP contribution >= 0.6 is 0 Å². The number of hydrogen-bond acceptors (Lipinski definition) is 3. The van der Waals surface area contributed by atoms with Crippen LogP contribution in [0.4, 0.5) is 0 Å². The van der Waals surface area contributed by atoms with E-state index >= 15 is 0 Å². The molecule has 26 heavy (non-hydrogen) atoms. The van der Waals surface area contributed by atoms with Crippen molar-refractivity contribution in [3.05, 3.63) is 59.4 Å². The van der Waals surface area contributed by atoms with E-state index in [0.29, 0.717) is 27.6 Å². The highest BCUT2D eigenvalue weighted by atomic mass is 16.3. The van der Waals surface area contributed by atoms with Gasteiger partial charge in [0.2, 0.25) is 5.71 Å². The van der Waals surface area contributed by atoms with Crippen molar-refractivity contribution in [1.29, 1.82) is 0 Å². The van der Waals surface area contributed by atoms with Crippen LogP contribution in [0.5, 0.6) is 0 Å². The predicted molar refractivity (Wildman–Crippen MR) is 107 cm³/mol. The Balaban J connectivity index is 1.90. The first kappa shape index (κ1) is 9.86. The summed E-state index contributed by atoms with van der Waals surface area (Å²) >= 11 is 0. The zero-order chi connectivity index (χ0) is 25.3. The molecular weight excluding hydrogens is 320 g/mol. The minimum atomic E-state index is -2.52. The van der Waals surface area contributed by atoms with E-state index in [2.05, 4.69) is 9.97 Å². The van der Waals surface area contributed by atoms with E-state index in [1.165, 1.54) is 18.3 Å². The fraction of sp³-hybridized carbons (Fsp3) is 0.304. The van der Waals surface area contributed by atoms with Crippen molar-refractivity contribution in [1.82, 2.24) is 9.97 Å². The Labute approximate surface area is 165 Å². The lowest BCUT2D eigenvalue weighted by Gasteiger charge is -2.20. The van der Waals surface area contributed by atoms with Gasteiger partial charge in [0.25, 0.3) is 0 Å². The first-order valence-electron chi connectivity index (χ1n) is 12.4. The summed E-state index contributed by atoms with van der Waals surface area (Å²) in [7, 11) is 0. The SMILES string of the molecule is [2H]C([2H])([2H])c1ccc2c(n1)oc1ccc(-c3cc(C([2H])([2H])C(C)(C)C)c(C([2H])([2H])[2H])cn3)cc12. The number of aromatic nitrogens is 2. The highest BCUT2D eigenvalue weighted by Crippen LogP contribution is 2.32. The van der Waals surface area contributed by atoms with Gasteiger partial charge in [-0.25, -0.2) is 4.98 Å². The molecule has 0 aliphatic rings. The van der Waals surface area contributed by atoms with Crippen molar-refractivity contribution in [3.8, 4) is 11.3 Å². The second-order valence-electron chi connectivity index (χ2n) is 7.35. The summed E-state index contributed by atoms with van der Waals surface area (Å²) in [5, 5.41) is 1.33. The zero-order valence-corrected chi connectivity index (χ0v) is 14.8. The van der Waals surface area contributed by atoms with Crippen LogP contribution in [0.15, 0.2) is 47.0 Å². The third-order valence-electron chi connectivity index (χ3n) is 4.05.